The van der Waals surface area contributed by atoms with Crippen LogP contribution in [0.3, 0.4) is 0 Å². The van der Waals surface area contributed by atoms with Crippen molar-refractivity contribution < 1.29 is 14.3 Å². The molecule has 0 radical (unpaired) electrons. The quantitative estimate of drug-likeness (QED) is 0.798. The molecule has 2 N–H and O–H groups in total. The summed E-state index contributed by atoms with van der Waals surface area (Å²) in [6.07, 6.45) is 5.26. The highest BCUT2D eigenvalue weighted by molar-refractivity contribution is 5.94. The lowest BCUT2D eigenvalue weighted by molar-refractivity contribution is 0.0953. The van der Waals surface area contributed by atoms with Crippen LogP contribution in [-0.2, 0) is 0 Å². The fraction of sp³-hybridized carbons (Fsp3) is 0.333. The standard InChI is InChI=1S/C18H21N3O3/c1-2-3-6-20-18(22)13-9-15(12-19-11-13)21-14-4-5-16-17(10-14)24-8-7-23-16/h4-5,9-12,21H,2-3,6-8H2,1H3,(H,20,22). The van der Waals surface area contributed by atoms with Gasteiger partial charge < -0.3 is 20.1 Å². The van der Waals surface area contributed by atoms with Crippen molar-refractivity contribution in [2.75, 3.05) is 25.1 Å². The van der Waals surface area contributed by atoms with Crippen molar-refractivity contribution >= 4 is 17.3 Å². The Hall–Kier alpha value is -2.76. The molecule has 0 saturated heterocycles. The summed E-state index contributed by atoms with van der Waals surface area (Å²) in [7, 11) is 0. The molecule has 1 aliphatic rings. The van der Waals surface area contributed by atoms with Crippen LogP contribution in [0.15, 0.2) is 36.7 Å². The minimum atomic E-state index is -0.109. The van der Waals surface area contributed by atoms with Gasteiger partial charge in [-0.1, -0.05) is 13.3 Å². The van der Waals surface area contributed by atoms with Gasteiger partial charge in [-0.3, -0.25) is 9.78 Å². The lowest BCUT2D eigenvalue weighted by Gasteiger charge is -2.19. The monoisotopic (exact) mass is 327 g/mol. The molecule has 0 aliphatic carbocycles. The maximum absolute atomic E-state index is 12.1. The Morgan fingerprint density at radius 2 is 1.96 bits per heavy atom. The molecule has 0 unspecified atom stereocenters. The molecule has 1 aliphatic heterocycles. The highest BCUT2D eigenvalue weighted by Gasteiger charge is 2.12. The SMILES string of the molecule is CCCCNC(=O)c1cncc(Nc2ccc3c(c2)OCCO3)c1. The van der Waals surface area contributed by atoms with Crippen molar-refractivity contribution in [1.29, 1.82) is 0 Å². The predicted octanol–water partition coefficient (Wildman–Crippen LogP) is 3.13. The molecule has 1 aromatic heterocycles. The van der Waals surface area contributed by atoms with Gasteiger partial charge in [0.05, 0.1) is 17.4 Å². The molecular weight excluding hydrogens is 306 g/mol. The fourth-order valence-corrected chi connectivity index (χ4v) is 2.40. The zero-order valence-electron chi connectivity index (χ0n) is 13.7. The van der Waals surface area contributed by atoms with Crippen LogP contribution in [-0.4, -0.2) is 30.6 Å². The Kier molecular flexibility index (Phi) is 5.15. The highest BCUT2D eigenvalue weighted by Crippen LogP contribution is 2.33. The third-order valence-electron chi connectivity index (χ3n) is 3.65. The van der Waals surface area contributed by atoms with Crippen molar-refractivity contribution in [3.05, 3.63) is 42.2 Å². The number of nitrogens with one attached hydrogen (secondary N) is 2. The van der Waals surface area contributed by atoms with Crippen LogP contribution in [0.2, 0.25) is 0 Å². The minimum absolute atomic E-state index is 0.109. The van der Waals surface area contributed by atoms with Gasteiger partial charge in [0.1, 0.15) is 13.2 Å². The first-order valence-corrected chi connectivity index (χ1v) is 8.16. The van der Waals surface area contributed by atoms with Crippen molar-refractivity contribution in [3.63, 3.8) is 0 Å². The summed E-state index contributed by atoms with van der Waals surface area (Å²) in [6, 6.07) is 7.43. The largest absolute Gasteiger partial charge is 0.486 e. The van der Waals surface area contributed by atoms with E-state index in [0.29, 0.717) is 31.1 Å². The summed E-state index contributed by atoms with van der Waals surface area (Å²) < 4.78 is 11.1. The lowest BCUT2D eigenvalue weighted by atomic mass is 10.2. The van der Waals surface area contributed by atoms with Gasteiger partial charge in [-0.2, -0.15) is 0 Å². The van der Waals surface area contributed by atoms with Crippen molar-refractivity contribution in [2.24, 2.45) is 0 Å². The van der Waals surface area contributed by atoms with E-state index in [4.69, 9.17) is 9.47 Å². The predicted molar refractivity (Wildman–Crippen MR) is 92.2 cm³/mol. The average Bonchev–Trinajstić information content (AvgIpc) is 2.62. The van der Waals surface area contributed by atoms with Gasteiger partial charge in [0.15, 0.2) is 11.5 Å². The van der Waals surface area contributed by atoms with Crippen LogP contribution in [0, 0.1) is 0 Å². The maximum atomic E-state index is 12.1. The summed E-state index contributed by atoms with van der Waals surface area (Å²) in [4.78, 5) is 16.2. The van der Waals surface area contributed by atoms with Crippen LogP contribution >= 0.6 is 0 Å². The molecule has 0 bridgehead atoms. The minimum Gasteiger partial charge on any atom is -0.486 e. The number of fused-ring (bicyclic) bond motifs is 1. The molecule has 0 atom stereocenters. The summed E-state index contributed by atoms with van der Waals surface area (Å²) in [6.45, 7) is 3.88. The average molecular weight is 327 g/mol. The molecule has 1 aromatic carbocycles. The number of hydrogen-bond acceptors (Lipinski definition) is 5. The van der Waals surface area contributed by atoms with Crippen LogP contribution in [0.25, 0.3) is 0 Å². The second-order valence-corrected chi connectivity index (χ2v) is 5.56. The summed E-state index contributed by atoms with van der Waals surface area (Å²) >= 11 is 0. The van der Waals surface area contributed by atoms with Gasteiger partial charge in [-0.15, -0.1) is 0 Å². The molecule has 0 saturated carbocycles. The second-order valence-electron chi connectivity index (χ2n) is 5.56. The number of anilines is 2. The van der Waals surface area contributed by atoms with Crippen LogP contribution in [0.1, 0.15) is 30.1 Å². The van der Waals surface area contributed by atoms with Crippen LogP contribution in [0.4, 0.5) is 11.4 Å². The Morgan fingerprint density at radius 1 is 1.12 bits per heavy atom. The van der Waals surface area contributed by atoms with Crippen LogP contribution < -0.4 is 20.1 Å². The van der Waals surface area contributed by atoms with Gasteiger partial charge >= 0.3 is 0 Å². The van der Waals surface area contributed by atoms with E-state index in [1.807, 2.05) is 18.2 Å². The number of carbonyl (C=O) groups is 1. The molecule has 2 heterocycles. The number of carbonyl (C=O) groups excluding carboxylic acids is 1. The first kappa shape index (κ1) is 16.1. The summed E-state index contributed by atoms with van der Waals surface area (Å²) in [5.41, 5.74) is 2.13. The van der Waals surface area contributed by atoms with Crippen LogP contribution in [0.5, 0.6) is 11.5 Å². The third kappa shape index (κ3) is 3.95. The van der Waals surface area contributed by atoms with E-state index in [1.54, 1.807) is 18.5 Å². The number of nitrogens with zero attached hydrogens (tertiary/aromatic N) is 1. The van der Waals surface area contributed by atoms with Crippen molar-refractivity contribution in [2.45, 2.75) is 19.8 Å². The molecule has 2 aromatic rings. The Labute approximate surface area is 141 Å². The topological polar surface area (TPSA) is 72.5 Å². The summed E-state index contributed by atoms with van der Waals surface area (Å²) in [5, 5.41) is 6.13. The van der Waals surface area contributed by atoms with Gasteiger partial charge in [0.25, 0.3) is 5.91 Å². The van der Waals surface area contributed by atoms with Gasteiger partial charge in [-0.25, -0.2) is 0 Å². The number of benzene rings is 1. The van der Waals surface area contributed by atoms with Gasteiger partial charge in [0.2, 0.25) is 0 Å². The third-order valence-corrected chi connectivity index (χ3v) is 3.65. The Morgan fingerprint density at radius 3 is 2.79 bits per heavy atom. The van der Waals surface area contributed by atoms with E-state index >= 15 is 0 Å². The molecule has 0 spiro atoms. The van der Waals surface area contributed by atoms with E-state index in [-0.39, 0.29) is 5.91 Å². The second kappa shape index (κ2) is 7.68. The molecule has 0 fully saturated rings. The molecular formula is C18H21N3O3. The zero-order valence-corrected chi connectivity index (χ0v) is 13.7. The number of aromatic nitrogens is 1. The first-order valence-electron chi connectivity index (χ1n) is 8.16. The fourth-order valence-electron chi connectivity index (χ4n) is 2.40. The van der Waals surface area contributed by atoms with Gasteiger partial charge in [0, 0.05) is 24.5 Å². The maximum Gasteiger partial charge on any atom is 0.252 e. The van der Waals surface area contributed by atoms with Crippen molar-refractivity contribution in [3.8, 4) is 11.5 Å². The lowest BCUT2D eigenvalue weighted by Crippen LogP contribution is -2.24. The number of rotatable bonds is 6. The molecule has 3 rings (SSSR count). The first-order chi connectivity index (χ1) is 11.8. The highest BCUT2D eigenvalue weighted by atomic mass is 16.6. The van der Waals surface area contributed by atoms with Gasteiger partial charge in [-0.05, 0) is 24.6 Å². The molecule has 6 nitrogen and oxygen atoms in total. The number of pyridine rings is 1. The molecule has 126 valence electrons. The van der Waals surface area contributed by atoms with E-state index in [1.165, 1.54) is 0 Å². The zero-order chi connectivity index (χ0) is 16.8. The Bertz CT molecular complexity index is 718. The number of ether oxygens (including phenoxy) is 2. The van der Waals surface area contributed by atoms with E-state index in [9.17, 15) is 4.79 Å². The molecule has 6 heteroatoms. The van der Waals surface area contributed by atoms with Crippen molar-refractivity contribution in [1.82, 2.24) is 10.3 Å². The number of amides is 1. The molecule has 24 heavy (non-hydrogen) atoms. The molecule has 1 amide bonds. The van der Waals surface area contributed by atoms with E-state index in [2.05, 4.69) is 22.5 Å². The Balaban J connectivity index is 1.69. The number of hydrogen-bond donors (Lipinski definition) is 2. The van der Waals surface area contributed by atoms with E-state index < -0.39 is 0 Å². The smallest absolute Gasteiger partial charge is 0.252 e. The number of unbranched alkanes of at least 4 members (excludes halogenated alkanes) is 1. The van der Waals surface area contributed by atoms with E-state index in [0.717, 1.165) is 30.0 Å². The summed E-state index contributed by atoms with van der Waals surface area (Å²) in [5.74, 6) is 1.35. The normalized spacial score (nSPS) is 12.5.